The van der Waals surface area contributed by atoms with Gasteiger partial charge in [-0.05, 0) is 22.6 Å². The highest BCUT2D eigenvalue weighted by atomic mass is 19.2. The van der Waals surface area contributed by atoms with E-state index >= 15 is 0 Å². The van der Waals surface area contributed by atoms with Crippen LogP contribution < -0.4 is 0 Å². The minimum absolute atomic E-state index is 0.00472. The van der Waals surface area contributed by atoms with Crippen LogP contribution in [-0.4, -0.2) is 5.11 Å². The Labute approximate surface area is 124 Å². The lowest BCUT2D eigenvalue weighted by Gasteiger charge is -2.19. The largest absolute Gasteiger partial charge is 0.388 e. The molecule has 1 N–H and O–H groups in total. The lowest BCUT2D eigenvalue weighted by molar-refractivity contribution is 0.172. The molecule has 0 radical (unpaired) electrons. The molecule has 1 nitrogen and oxygen atoms in total. The van der Waals surface area contributed by atoms with Gasteiger partial charge in [-0.2, -0.15) is 0 Å². The SMILES string of the molecule is CC(C)(C)c1ccc(CC(O)c2cccc(F)c2F)cc1. The summed E-state index contributed by atoms with van der Waals surface area (Å²) in [4.78, 5) is 0. The van der Waals surface area contributed by atoms with Crippen LogP contribution in [0.5, 0.6) is 0 Å². The Hall–Kier alpha value is -1.74. The average Bonchev–Trinajstić information content (AvgIpc) is 2.41. The third kappa shape index (κ3) is 3.67. The van der Waals surface area contributed by atoms with E-state index in [0.29, 0.717) is 0 Å². The van der Waals surface area contributed by atoms with Gasteiger partial charge in [0.1, 0.15) is 0 Å². The molecule has 2 rings (SSSR count). The van der Waals surface area contributed by atoms with Crippen molar-refractivity contribution in [1.82, 2.24) is 0 Å². The van der Waals surface area contributed by atoms with Gasteiger partial charge in [-0.15, -0.1) is 0 Å². The van der Waals surface area contributed by atoms with Crippen LogP contribution in [0.3, 0.4) is 0 Å². The molecule has 0 saturated carbocycles. The number of hydrogen-bond acceptors (Lipinski definition) is 1. The summed E-state index contributed by atoms with van der Waals surface area (Å²) in [6.07, 6.45) is -0.800. The fraction of sp³-hybridized carbons (Fsp3) is 0.333. The van der Waals surface area contributed by atoms with E-state index in [9.17, 15) is 13.9 Å². The van der Waals surface area contributed by atoms with Crippen molar-refractivity contribution in [2.45, 2.75) is 38.7 Å². The molecule has 1 atom stereocenters. The highest BCUT2D eigenvalue weighted by molar-refractivity contribution is 5.29. The first-order chi connectivity index (χ1) is 9.79. The molecular formula is C18H20F2O. The Morgan fingerprint density at radius 3 is 2.19 bits per heavy atom. The van der Waals surface area contributed by atoms with Crippen molar-refractivity contribution >= 4 is 0 Å². The lowest BCUT2D eigenvalue weighted by atomic mass is 9.86. The predicted octanol–water partition coefficient (Wildman–Crippen LogP) is 4.54. The van der Waals surface area contributed by atoms with Crippen LogP contribution in [0, 0.1) is 11.6 Å². The van der Waals surface area contributed by atoms with Crippen LogP contribution >= 0.6 is 0 Å². The van der Waals surface area contributed by atoms with Gasteiger partial charge in [0, 0.05) is 12.0 Å². The summed E-state index contributed by atoms with van der Waals surface area (Å²) < 4.78 is 26.8. The van der Waals surface area contributed by atoms with Crippen molar-refractivity contribution in [3.8, 4) is 0 Å². The summed E-state index contributed by atoms with van der Waals surface area (Å²) in [5.41, 5.74) is 2.14. The van der Waals surface area contributed by atoms with Crippen molar-refractivity contribution in [3.05, 3.63) is 70.8 Å². The van der Waals surface area contributed by atoms with E-state index in [2.05, 4.69) is 20.8 Å². The van der Waals surface area contributed by atoms with Gasteiger partial charge in [-0.1, -0.05) is 57.2 Å². The number of aliphatic hydroxyl groups excluding tert-OH is 1. The fourth-order valence-corrected chi connectivity index (χ4v) is 2.25. The smallest absolute Gasteiger partial charge is 0.164 e. The number of halogens is 2. The fourth-order valence-electron chi connectivity index (χ4n) is 2.25. The van der Waals surface area contributed by atoms with E-state index in [1.165, 1.54) is 17.7 Å². The molecule has 0 aromatic heterocycles. The topological polar surface area (TPSA) is 20.2 Å². The quantitative estimate of drug-likeness (QED) is 0.880. The molecule has 0 aliphatic carbocycles. The van der Waals surface area contributed by atoms with E-state index < -0.39 is 17.7 Å². The van der Waals surface area contributed by atoms with Crippen molar-refractivity contribution in [2.24, 2.45) is 0 Å². The normalized spacial score (nSPS) is 13.2. The molecule has 0 spiro atoms. The Morgan fingerprint density at radius 2 is 1.62 bits per heavy atom. The first-order valence-corrected chi connectivity index (χ1v) is 7.00. The Bertz CT molecular complexity index is 612. The van der Waals surface area contributed by atoms with Crippen molar-refractivity contribution in [3.63, 3.8) is 0 Å². The lowest BCUT2D eigenvalue weighted by Crippen LogP contribution is -2.11. The van der Waals surface area contributed by atoms with Crippen LogP contribution in [0.1, 0.15) is 43.6 Å². The molecule has 0 aliphatic rings. The van der Waals surface area contributed by atoms with Gasteiger partial charge < -0.3 is 5.11 Å². The maximum atomic E-state index is 13.6. The minimum Gasteiger partial charge on any atom is -0.388 e. The molecule has 112 valence electrons. The molecule has 0 aliphatic heterocycles. The summed E-state index contributed by atoms with van der Waals surface area (Å²) in [7, 11) is 0. The van der Waals surface area contributed by atoms with E-state index in [1.807, 2.05) is 24.3 Å². The minimum atomic E-state index is -1.05. The van der Waals surface area contributed by atoms with Gasteiger partial charge in [-0.25, -0.2) is 8.78 Å². The first-order valence-electron chi connectivity index (χ1n) is 7.00. The Kier molecular flexibility index (Phi) is 4.43. The molecule has 0 saturated heterocycles. The number of benzene rings is 2. The molecule has 0 heterocycles. The number of hydrogen-bond donors (Lipinski definition) is 1. The average molecular weight is 290 g/mol. The van der Waals surface area contributed by atoms with E-state index in [1.54, 1.807) is 0 Å². The zero-order valence-corrected chi connectivity index (χ0v) is 12.5. The van der Waals surface area contributed by atoms with Gasteiger partial charge in [0.2, 0.25) is 0 Å². The second-order valence-corrected chi connectivity index (χ2v) is 6.31. The van der Waals surface area contributed by atoms with E-state index in [-0.39, 0.29) is 17.4 Å². The maximum absolute atomic E-state index is 13.6. The summed E-state index contributed by atoms with van der Waals surface area (Å²) >= 11 is 0. The predicted molar refractivity (Wildman–Crippen MR) is 80.2 cm³/mol. The van der Waals surface area contributed by atoms with Crippen molar-refractivity contribution in [1.29, 1.82) is 0 Å². The molecule has 0 bridgehead atoms. The zero-order valence-electron chi connectivity index (χ0n) is 12.5. The summed E-state index contributed by atoms with van der Waals surface area (Å²) in [5, 5.41) is 10.1. The summed E-state index contributed by atoms with van der Waals surface area (Å²) in [6.45, 7) is 6.37. The van der Waals surface area contributed by atoms with Gasteiger partial charge >= 0.3 is 0 Å². The third-order valence-corrected chi connectivity index (χ3v) is 3.59. The zero-order chi connectivity index (χ0) is 15.6. The van der Waals surface area contributed by atoms with Crippen LogP contribution in [0.4, 0.5) is 8.78 Å². The molecule has 1 unspecified atom stereocenters. The highest BCUT2D eigenvalue weighted by Crippen LogP contribution is 2.25. The van der Waals surface area contributed by atoms with Crippen LogP contribution in [0.15, 0.2) is 42.5 Å². The van der Waals surface area contributed by atoms with E-state index in [0.717, 1.165) is 11.6 Å². The molecule has 2 aromatic rings. The number of aliphatic hydroxyl groups is 1. The monoisotopic (exact) mass is 290 g/mol. The van der Waals surface area contributed by atoms with Crippen molar-refractivity contribution < 1.29 is 13.9 Å². The standard InChI is InChI=1S/C18H20F2O/c1-18(2,3)13-9-7-12(8-10-13)11-16(21)14-5-4-6-15(19)17(14)20/h4-10,16,21H,11H2,1-3H3. The maximum Gasteiger partial charge on any atom is 0.164 e. The second kappa shape index (κ2) is 5.94. The molecule has 21 heavy (non-hydrogen) atoms. The third-order valence-electron chi connectivity index (χ3n) is 3.59. The van der Waals surface area contributed by atoms with Crippen molar-refractivity contribution in [2.75, 3.05) is 0 Å². The summed E-state index contributed by atoms with van der Waals surface area (Å²) in [6, 6.07) is 11.7. The van der Waals surface area contributed by atoms with Gasteiger partial charge in [0.25, 0.3) is 0 Å². The van der Waals surface area contributed by atoms with Gasteiger partial charge in [-0.3, -0.25) is 0 Å². The van der Waals surface area contributed by atoms with Crippen LogP contribution in [-0.2, 0) is 11.8 Å². The summed E-state index contributed by atoms with van der Waals surface area (Å²) in [5.74, 6) is -1.91. The molecule has 3 heteroatoms. The Balaban J connectivity index is 2.16. The molecule has 2 aromatic carbocycles. The second-order valence-electron chi connectivity index (χ2n) is 6.31. The highest BCUT2D eigenvalue weighted by Gasteiger charge is 2.17. The van der Waals surface area contributed by atoms with Crippen LogP contribution in [0.2, 0.25) is 0 Å². The van der Waals surface area contributed by atoms with Gasteiger partial charge in [0.15, 0.2) is 11.6 Å². The molecule has 0 amide bonds. The van der Waals surface area contributed by atoms with Gasteiger partial charge in [0.05, 0.1) is 6.10 Å². The van der Waals surface area contributed by atoms with E-state index in [4.69, 9.17) is 0 Å². The first kappa shape index (κ1) is 15.6. The Morgan fingerprint density at radius 1 is 1.00 bits per heavy atom. The molecule has 0 fully saturated rings. The van der Waals surface area contributed by atoms with Crippen LogP contribution in [0.25, 0.3) is 0 Å². The molecular weight excluding hydrogens is 270 g/mol. The number of rotatable bonds is 3.